The van der Waals surface area contributed by atoms with Crippen molar-refractivity contribution >= 4 is 17.5 Å². The highest BCUT2D eigenvalue weighted by atomic mass is 35.5. The molecular weight excluding hydrogens is 246 g/mol. The lowest BCUT2D eigenvalue weighted by atomic mass is 9.97. The zero-order valence-electron chi connectivity index (χ0n) is 11.0. The minimum absolute atomic E-state index is 0.0274. The maximum absolute atomic E-state index is 5.99. The van der Waals surface area contributed by atoms with Crippen LogP contribution in [0.15, 0.2) is 41.9 Å². The normalized spacial score (nSPS) is 23.4. The van der Waals surface area contributed by atoms with Gasteiger partial charge in [-0.05, 0) is 17.7 Å². The molecule has 0 spiro atoms. The van der Waals surface area contributed by atoms with Crippen molar-refractivity contribution < 1.29 is 4.74 Å². The molecule has 0 radical (unpaired) electrons. The fourth-order valence-electron chi connectivity index (χ4n) is 1.89. The molecule has 1 heterocycles. The largest absolute Gasteiger partial charge is 0.470 e. The van der Waals surface area contributed by atoms with Gasteiger partial charge in [0.25, 0.3) is 0 Å². The summed E-state index contributed by atoms with van der Waals surface area (Å²) < 4.78 is 5.99. The van der Waals surface area contributed by atoms with E-state index in [4.69, 9.17) is 16.3 Å². The predicted octanol–water partition coefficient (Wildman–Crippen LogP) is 4.41. The molecule has 2 unspecified atom stereocenters. The number of halogens is 1. The summed E-state index contributed by atoms with van der Waals surface area (Å²) in [5, 5.41) is 0.726. The summed E-state index contributed by atoms with van der Waals surface area (Å²) in [4.78, 5) is 4.60. The Morgan fingerprint density at radius 3 is 2.39 bits per heavy atom. The Balaban J connectivity index is 2.26. The van der Waals surface area contributed by atoms with Crippen molar-refractivity contribution in [2.75, 3.05) is 0 Å². The van der Waals surface area contributed by atoms with E-state index in [1.165, 1.54) is 0 Å². The van der Waals surface area contributed by atoms with Gasteiger partial charge in [0.15, 0.2) is 12.0 Å². The van der Waals surface area contributed by atoms with Crippen molar-refractivity contribution in [2.45, 2.75) is 32.9 Å². The smallest absolute Gasteiger partial charge is 0.190 e. The molecule has 1 aromatic carbocycles. The van der Waals surface area contributed by atoms with Crippen molar-refractivity contribution in [3.8, 4) is 0 Å². The molecule has 0 aliphatic carbocycles. The lowest BCUT2D eigenvalue weighted by Gasteiger charge is -2.21. The van der Waals surface area contributed by atoms with Crippen LogP contribution in [0.1, 0.15) is 32.4 Å². The van der Waals surface area contributed by atoms with Gasteiger partial charge >= 0.3 is 0 Å². The molecule has 2 atom stereocenters. The summed E-state index contributed by atoms with van der Waals surface area (Å²) in [6.45, 7) is 10.1. The first kappa shape index (κ1) is 13.2. The molecular formula is C15H18ClNO. The zero-order chi connectivity index (χ0) is 13.3. The second kappa shape index (κ2) is 4.77. The van der Waals surface area contributed by atoms with E-state index in [-0.39, 0.29) is 17.6 Å². The Kier molecular flexibility index (Phi) is 3.49. The number of aliphatic imine (C=N–C) groups is 1. The van der Waals surface area contributed by atoms with Crippen molar-refractivity contribution in [3.63, 3.8) is 0 Å². The van der Waals surface area contributed by atoms with Gasteiger partial charge in [0, 0.05) is 10.4 Å². The number of hydrogen-bond acceptors (Lipinski definition) is 2. The molecule has 3 heteroatoms. The number of benzene rings is 1. The van der Waals surface area contributed by atoms with Crippen LogP contribution in [0.25, 0.3) is 0 Å². The standard InChI is InChI=1S/C15H18ClNO/c1-5-12-13(10-6-8-11(16)9-7-10)18-14(17-12)15(2,3)4/h5-9,12-13H,1H2,2-4H3. The number of hydrogen-bond donors (Lipinski definition) is 0. The van der Waals surface area contributed by atoms with Gasteiger partial charge in [-0.1, -0.05) is 50.6 Å². The van der Waals surface area contributed by atoms with E-state index in [0.29, 0.717) is 0 Å². The van der Waals surface area contributed by atoms with Gasteiger partial charge in [-0.3, -0.25) is 0 Å². The molecule has 18 heavy (non-hydrogen) atoms. The molecule has 0 saturated carbocycles. The van der Waals surface area contributed by atoms with E-state index in [1.807, 2.05) is 30.3 Å². The van der Waals surface area contributed by atoms with Gasteiger partial charge in [-0.25, -0.2) is 4.99 Å². The Morgan fingerprint density at radius 1 is 1.28 bits per heavy atom. The van der Waals surface area contributed by atoms with Crippen LogP contribution in [0.4, 0.5) is 0 Å². The first-order valence-electron chi connectivity index (χ1n) is 6.05. The van der Waals surface area contributed by atoms with Crippen molar-refractivity contribution in [2.24, 2.45) is 10.4 Å². The SMILES string of the molecule is C=CC1N=C(C(C)(C)C)OC1c1ccc(Cl)cc1. The van der Waals surface area contributed by atoms with Crippen LogP contribution < -0.4 is 0 Å². The molecule has 2 nitrogen and oxygen atoms in total. The van der Waals surface area contributed by atoms with Crippen molar-refractivity contribution in [1.82, 2.24) is 0 Å². The maximum atomic E-state index is 5.99. The van der Waals surface area contributed by atoms with Gasteiger partial charge in [0.1, 0.15) is 6.04 Å². The Morgan fingerprint density at radius 2 is 1.89 bits per heavy atom. The summed E-state index contributed by atoms with van der Waals surface area (Å²) in [5.74, 6) is 0.785. The van der Waals surface area contributed by atoms with Crippen LogP contribution >= 0.6 is 11.6 Å². The molecule has 0 amide bonds. The summed E-state index contributed by atoms with van der Waals surface area (Å²) in [6, 6.07) is 7.67. The van der Waals surface area contributed by atoms with Gasteiger partial charge < -0.3 is 4.74 Å². The van der Waals surface area contributed by atoms with Gasteiger partial charge in [0.05, 0.1) is 0 Å². The number of nitrogens with zero attached hydrogens (tertiary/aromatic N) is 1. The third-order valence-electron chi connectivity index (χ3n) is 2.90. The van der Waals surface area contributed by atoms with Crippen LogP contribution in [-0.4, -0.2) is 11.9 Å². The highest BCUT2D eigenvalue weighted by Crippen LogP contribution is 2.35. The van der Waals surface area contributed by atoms with Crippen LogP contribution in [0, 0.1) is 5.41 Å². The molecule has 1 aliphatic heterocycles. The highest BCUT2D eigenvalue weighted by molar-refractivity contribution is 6.30. The third kappa shape index (κ3) is 2.59. The summed E-state index contributed by atoms with van der Waals surface area (Å²) >= 11 is 5.90. The Bertz CT molecular complexity index is 470. The summed E-state index contributed by atoms with van der Waals surface area (Å²) in [5.41, 5.74) is 0.995. The quantitative estimate of drug-likeness (QED) is 0.724. The maximum Gasteiger partial charge on any atom is 0.190 e. The third-order valence-corrected chi connectivity index (χ3v) is 3.15. The Labute approximate surface area is 113 Å². The molecule has 96 valence electrons. The lowest BCUT2D eigenvalue weighted by molar-refractivity contribution is 0.188. The molecule has 0 aromatic heterocycles. The summed E-state index contributed by atoms with van der Waals surface area (Å²) in [6.07, 6.45) is 1.74. The topological polar surface area (TPSA) is 21.6 Å². The molecule has 0 saturated heterocycles. The fourth-order valence-corrected chi connectivity index (χ4v) is 2.01. The van der Waals surface area contributed by atoms with E-state index in [2.05, 4.69) is 32.3 Å². The van der Waals surface area contributed by atoms with E-state index in [1.54, 1.807) is 0 Å². The van der Waals surface area contributed by atoms with Gasteiger partial charge in [-0.2, -0.15) is 0 Å². The van der Waals surface area contributed by atoms with E-state index >= 15 is 0 Å². The molecule has 1 aromatic rings. The molecule has 0 N–H and O–H groups in total. The second-order valence-electron chi connectivity index (χ2n) is 5.50. The van der Waals surface area contributed by atoms with Gasteiger partial charge in [-0.15, -0.1) is 6.58 Å². The monoisotopic (exact) mass is 263 g/mol. The minimum atomic E-state index is -0.0889. The molecule has 0 fully saturated rings. The van der Waals surface area contributed by atoms with E-state index in [0.717, 1.165) is 16.5 Å². The van der Waals surface area contributed by atoms with Gasteiger partial charge in [0.2, 0.25) is 0 Å². The fraction of sp³-hybridized carbons (Fsp3) is 0.400. The molecule has 0 bridgehead atoms. The molecule has 2 rings (SSSR count). The number of ether oxygens (including phenoxy) is 1. The average Bonchev–Trinajstić information content (AvgIpc) is 2.73. The van der Waals surface area contributed by atoms with Crippen molar-refractivity contribution in [3.05, 3.63) is 47.5 Å². The average molecular weight is 264 g/mol. The second-order valence-corrected chi connectivity index (χ2v) is 5.94. The number of rotatable bonds is 2. The lowest BCUT2D eigenvalue weighted by Crippen LogP contribution is -2.21. The predicted molar refractivity (Wildman–Crippen MR) is 76.2 cm³/mol. The highest BCUT2D eigenvalue weighted by Gasteiger charge is 2.35. The van der Waals surface area contributed by atoms with E-state index < -0.39 is 0 Å². The first-order valence-corrected chi connectivity index (χ1v) is 6.42. The van der Waals surface area contributed by atoms with E-state index in [9.17, 15) is 0 Å². The van der Waals surface area contributed by atoms with Crippen LogP contribution in [0.3, 0.4) is 0 Å². The van der Waals surface area contributed by atoms with Crippen molar-refractivity contribution in [1.29, 1.82) is 0 Å². The van der Waals surface area contributed by atoms with Crippen LogP contribution in [-0.2, 0) is 4.74 Å². The molecule has 1 aliphatic rings. The minimum Gasteiger partial charge on any atom is -0.470 e. The first-order chi connectivity index (χ1) is 8.41. The van der Waals surface area contributed by atoms with Crippen LogP contribution in [0.5, 0.6) is 0 Å². The zero-order valence-corrected chi connectivity index (χ0v) is 11.7. The van der Waals surface area contributed by atoms with Crippen LogP contribution in [0.2, 0.25) is 5.02 Å². The summed E-state index contributed by atoms with van der Waals surface area (Å²) in [7, 11) is 0. The Hall–Kier alpha value is -1.28.